The molecule has 2 atom stereocenters. The predicted octanol–water partition coefficient (Wildman–Crippen LogP) is 2.59. The quantitative estimate of drug-likeness (QED) is 0.808. The lowest BCUT2D eigenvalue weighted by molar-refractivity contribution is 0.0319. The SMILES string of the molecule is Cc1cc(Cl)cc(C)c1C(O)C(O)CCl. The first-order chi connectivity index (χ1) is 6.97. The smallest absolute Gasteiger partial charge is 0.107 e. The molecule has 2 unspecified atom stereocenters. The number of hydrogen-bond acceptors (Lipinski definition) is 2. The van der Waals surface area contributed by atoms with Gasteiger partial charge in [-0.3, -0.25) is 0 Å². The Labute approximate surface area is 99.5 Å². The van der Waals surface area contributed by atoms with E-state index in [9.17, 15) is 10.2 Å². The van der Waals surface area contributed by atoms with Crippen LogP contribution in [-0.4, -0.2) is 22.2 Å². The third-order valence-electron chi connectivity index (χ3n) is 2.38. The largest absolute Gasteiger partial charge is 0.389 e. The van der Waals surface area contributed by atoms with Gasteiger partial charge in [-0.1, -0.05) is 11.6 Å². The number of alkyl halides is 1. The molecule has 0 spiro atoms. The van der Waals surface area contributed by atoms with E-state index < -0.39 is 12.2 Å². The van der Waals surface area contributed by atoms with Gasteiger partial charge < -0.3 is 10.2 Å². The van der Waals surface area contributed by atoms with E-state index in [0.29, 0.717) is 10.6 Å². The molecule has 0 aliphatic heterocycles. The minimum absolute atomic E-state index is 0.00265. The number of hydrogen-bond donors (Lipinski definition) is 2. The highest BCUT2D eigenvalue weighted by Crippen LogP contribution is 2.27. The van der Waals surface area contributed by atoms with Crippen molar-refractivity contribution in [2.45, 2.75) is 26.1 Å². The summed E-state index contributed by atoms with van der Waals surface area (Å²) in [5, 5.41) is 20.0. The van der Waals surface area contributed by atoms with Crippen LogP contribution < -0.4 is 0 Å². The van der Waals surface area contributed by atoms with E-state index in [2.05, 4.69) is 0 Å². The summed E-state index contributed by atoms with van der Waals surface area (Å²) >= 11 is 11.4. The lowest BCUT2D eigenvalue weighted by Gasteiger charge is -2.20. The highest BCUT2D eigenvalue weighted by Gasteiger charge is 2.21. The van der Waals surface area contributed by atoms with Gasteiger partial charge in [-0.25, -0.2) is 0 Å². The van der Waals surface area contributed by atoms with Crippen LogP contribution in [-0.2, 0) is 0 Å². The first-order valence-electron chi connectivity index (χ1n) is 4.66. The Kier molecular flexibility index (Phi) is 4.41. The summed E-state index contributed by atoms with van der Waals surface area (Å²) in [5.74, 6) is 0.00265. The van der Waals surface area contributed by atoms with Gasteiger partial charge in [0.05, 0.1) is 12.0 Å². The van der Waals surface area contributed by atoms with Crippen LogP contribution in [0.25, 0.3) is 0 Å². The molecule has 0 amide bonds. The van der Waals surface area contributed by atoms with Crippen LogP contribution in [0.1, 0.15) is 22.8 Å². The lowest BCUT2D eigenvalue weighted by Crippen LogP contribution is -2.21. The molecule has 15 heavy (non-hydrogen) atoms. The van der Waals surface area contributed by atoms with Gasteiger partial charge in [0.1, 0.15) is 6.10 Å². The first-order valence-corrected chi connectivity index (χ1v) is 5.57. The fourth-order valence-electron chi connectivity index (χ4n) is 1.67. The Morgan fingerprint density at radius 2 is 1.67 bits per heavy atom. The van der Waals surface area contributed by atoms with Crippen molar-refractivity contribution in [3.63, 3.8) is 0 Å². The van der Waals surface area contributed by atoms with Crippen molar-refractivity contribution in [1.29, 1.82) is 0 Å². The molecule has 1 rings (SSSR count). The average molecular weight is 249 g/mol. The molecule has 0 fully saturated rings. The van der Waals surface area contributed by atoms with Crippen molar-refractivity contribution < 1.29 is 10.2 Å². The van der Waals surface area contributed by atoms with Crippen molar-refractivity contribution in [1.82, 2.24) is 0 Å². The van der Waals surface area contributed by atoms with Gasteiger partial charge in [0.2, 0.25) is 0 Å². The maximum atomic E-state index is 9.86. The van der Waals surface area contributed by atoms with Crippen LogP contribution in [0.15, 0.2) is 12.1 Å². The van der Waals surface area contributed by atoms with Crippen LogP contribution in [0, 0.1) is 13.8 Å². The van der Waals surface area contributed by atoms with E-state index in [0.717, 1.165) is 11.1 Å². The molecule has 0 saturated heterocycles. The number of aryl methyl sites for hydroxylation is 2. The Morgan fingerprint density at radius 3 is 2.07 bits per heavy atom. The minimum Gasteiger partial charge on any atom is -0.389 e. The molecule has 0 saturated carbocycles. The van der Waals surface area contributed by atoms with Crippen LogP contribution in [0.4, 0.5) is 0 Å². The van der Waals surface area contributed by atoms with Gasteiger partial charge in [-0.2, -0.15) is 0 Å². The first kappa shape index (κ1) is 12.8. The Balaban J connectivity index is 3.13. The van der Waals surface area contributed by atoms with E-state index in [-0.39, 0.29) is 5.88 Å². The standard InChI is InChI=1S/C11H14Cl2O2/c1-6-3-8(13)4-7(2)10(6)11(15)9(14)5-12/h3-4,9,11,14-15H,5H2,1-2H3. The predicted molar refractivity (Wildman–Crippen MR) is 62.6 cm³/mol. The molecule has 0 radical (unpaired) electrons. The van der Waals surface area contributed by atoms with E-state index in [4.69, 9.17) is 23.2 Å². The van der Waals surface area contributed by atoms with Crippen molar-refractivity contribution in [2.24, 2.45) is 0 Å². The minimum atomic E-state index is -0.959. The zero-order valence-electron chi connectivity index (χ0n) is 8.67. The Hall–Kier alpha value is -0.280. The van der Waals surface area contributed by atoms with Gasteiger partial charge in [0.25, 0.3) is 0 Å². The molecule has 2 nitrogen and oxygen atoms in total. The number of halogens is 2. The molecular formula is C11H14Cl2O2. The van der Waals surface area contributed by atoms with E-state index in [1.54, 1.807) is 12.1 Å². The van der Waals surface area contributed by atoms with Gasteiger partial charge in [-0.05, 0) is 42.7 Å². The number of aliphatic hydroxyl groups excluding tert-OH is 2. The summed E-state index contributed by atoms with van der Waals surface area (Å²) < 4.78 is 0. The van der Waals surface area contributed by atoms with Gasteiger partial charge in [0, 0.05) is 5.02 Å². The van der Waals surface area contributed by atoms with Crippen molar-refractivity contribution in [3.8, 4) is 0 Å². The molecule has 84 valence electrons. The normalized spacial score (nSPS) is 15.1. The van der Waals surface area contributed by atoms with Gasteiger partial charge in [0.15, 0.2) is 0 Å². The summed E-state index contributed by atoms with van der Waals surface area (Å²) in [5.41, 5.74) is 2.42. The van der Waals surface area contributed by atoms with Crippen molar-refractivity contribution >= 4 is 23.2 Å². The van der Waals surface area contributed by atoms with Crippen LogP contribution in [0.2, 0.25) is 5.02 Å². The summed E-state index contributed by atoms with van der Waals surface area (Å²) in [4.78, 5) is 0. The zero-order chi connectivity index (χ0) is 11.6. The molecule has 0 aromatic heterocycles. The molecule has 2 N–H and O–H groups in total. The zero-order valence-corrected chi connectivity index (χ0v) is 10.2. The molecule has 0 aliphatic carbocycles. The molecule has 0 aliphatic rings. The van der Waals surface area contributed by atoms with Crippen LogP contribution in [0.5, 0.6) is 0 Å². The van der Waals surface area contributed by atoms with Gasteiger partial charge in [-0.15, -0.1) is 11.6 Å². The molecule has 0 heterocycles. The number of benzene rings is 1. The third kappa shape index (κ3) is 2.85. The maximum Gasteiger partial charge on any atom is 0.107 e. The second kappa shape index (κ2) is 5.17. The molecule has 1 aromatic carbocycles. The fraction of sp³-hybridized carbons (Fsp3) is 0.455. The second-order valence-electron chi connectivity index (χ2n) is 3.62. The number of aliphatic hydroxyl groups is 2. The maximum absolute atomic E-state index is 9.86. The Morgan fingerprint density at radius 1 is 1.20 bits per heavy atom. The topological polar surface area (TPSA) is 40.5 Å². The summed E-state index contributed by atoms with van der Waals surface area (Å²) in [6.07, 6.45) is -1.91. The highest BCUT2D eigenvalue weighted by atomic mass is 35.5. The summed E-state index contributed by atoms with van der Waals surface area (Å²) in [6.45, 7) is 3.69. The van der Waals surface area contributed by atoms with E-state index >= 15 is 0 Å². The van der Waals surface area contributed by atoms with Gasteiger partial charge >= 0.3 is 0 Å². The van der Waals surface area contributed by atoms with Crippen molar-refractivity contribution in [2.75, 3.05) is 5.88 Å². The van der Waals surface area contributed by atoms with E-state index in [1.165, 1.54) is 0 Å². The summed E-state index contributed by atoms with van der Waals surface area (Å²) in [6, 6.07) is 3.52. The van der Waals surface area contributed by atoms with Crippen LogP contribution in [0.3, 0.4) is 0 Å². The number of rotatable bonds is 3. The molecule has 0 bridgehead atoms. The van der Waals surface area contributed by atoms with E-state index in [1.807, 2.05) is 13.8 Å². The second-order valence-corrected chi connectivity index (χ2v) is 4.36. The summed E-state index contributed by atoms with van der Waals surface area (Å²) in [7, 11) is 0. The van der Waals surface area contributed by atoms with Crippen LogP contribution >= 0.6 is 23.2 Å². The lowest BCUT2D eigenvalue weighted by atomic mass is 9.95. The van der Waals surface area contributed by atoms with Crippen molar-refractivity contribution in [3.05, 3.63) is 33.8 Å². The molecular weight excluding hydrogens is 235 g/mol. The molecule has 4 heteroatoms. The Bertz CT molecular complexity index is 329. The third-order valence-corrected chi connectivity index (χ3v) is 2.91. The monoisotopic (exact) mass is 248 g/mol. The fourth-order valence-corrected chi connectivity index (χ4v) is 2.16. The molecule has 1 aromatic rings. The average Bonchev–Trinajstić information content (AvgIpc) is 2.14. The highest BCUT2D eigenvalue weighted by molar-refractivity contribution is 6.30.